The van der Waals surface area contributed by atoms with Gasteiger partial charge in [0.05, 0.1) is 17.1 Å². The molecule has 7 heteroatoms. The number of carbonyl (C=O) groups excluding carboxylic acids is 1. The van der Waals surface area contributed by atoms with E-state index in [9.17, 15) is 13.6 Å². The van der Waals surface area contributed by atoms with E-state index in [1.807, 2.05) is 36.1 Å². The van der Waals surface area contributed by atoms with Crippen molar-refractivity contribution in [2.45, 2.75) is 6.92 Å². The third-order valence-electron chi connectivity index (χ3n) is 6.08. The summed E-state index contributed by atoms with van der Waals surface area (Å²) in [5.74, 6) is -0.854. The topological polar surface area (TPSA) is 41.4 Å². The summed E-state index contributed by atoms with van der Waals surface area (Å²) in [6.07, 6.45) is 0. The Kier molecular flexibility index (Phi) is 5.84. The van der Waals surface area contributed by atoms with Crippen LogP contribution in [0.25, 0.3) is 16.9 Å². The van der Waals surface area contributed by atoms with Crippen LogP contribution in [0, 0.1) is 18.6 Å². The van der Waals surface area contributed by atoms with Crippen molar-refractivity contribution in [3.8, 4) is 16.9 Å². The molecule has 0 saturated carbocycles. The van der Waals surface area contributed by atoms with Gasteiger partial charge < -0.3 is 9.80 Å². The van der Waals surface area contributed by atoms with Gasteiger partial charge in [-0.3, -0.25) is 4.79 Å². The molecule has 1 fully saturated rings. The predicted octanol–water partition coefficient (Wildman–Crippen LogP) is 5.09. The summed E-state index contributed by atoms with van der Waals surface area (Å²) >= 11 is 0. The van der Waals surface area contributed by atoms with E-state index >= 15 is 0 Å². The highest BCUT2D eigenvalue weighted by atomic mass is 19.1. The Balaban J connectivity index is 1.46. The average Bonchev–Trinajstić information content (AvgIpc) is 3.30. The summed E-state index contributed by atoms with van der Waals surface area (Å²) in [6.45, 7) is 3.90. The molecular weight excluding hydrogens is 434 g/mol. The van der Waals surface area contributed by atoms with Crippen molar-refractivity contribution in [3.05, 3.63) is 102 Å². The van der Waals surface area contributed by atoms with Gasteiger partial charge in [0.25, 0.3) is 5.91 Å². The zero-order chi connectivity index (χ0) is 23.7. The van der Waals surface area contributed by atoms with Crippen molar-refractivity contribution >= 4 is 11.6 Å². The van der Waals surface area contributed by atoms with Crippen LogP contribution in [0.15, 0.2) is 78.9 Å². The Morgan fingerprint density at radius 1 is 0.824 bits per heavy atom. The molecule has 0 unspecified atom stereocenters. The van der Waals surface area contributed by atoms with E-state index in [4.69, 9.17) is 0 Å². The third-order valence-corrected chi connectivity index (χ3v) is 6.08. The number of rotatable bonds is 4. The first-order chi connectivity index (χ1) is 16.5. The van der Waals surface area contributed by atoms with Gasteiger partial charge in [0, 0.05) is 31.7 Å². The molecule has 0 aliphatic carbocycles. The number of nitrogens with zero attached hydrogens (tertiary/aromatic N) is 4. The molecular formula is C27H24F2N4O. The van der Waals surface area contributed by atoms with Crippen molar-refractivity contribution in [2.75, 3.05) is 31.1 Å². The molecule has 1 aliphatic heterocycles. The maximum absolute atomic E-state index is 14.5. The summed E-state index contributed by atoms with van der Waals surface area (Å²) in [5, 5.41) is 4.61. The molecule has 1 aromatic heterocycles. The van der Waals surface area contributed by atoms with Crippen LogP contribution < -0.4 is 4.90 Å². The maximum atomic E-state index is 14.5. The molecule has 1 aliphatic rings. The number of aryl methyl sites for hydroxylation is 1. The fraction of sp³-hybridized carbons (Fsp3) is 0.185. The fourth-order valence-electron chi connectivity index (χ4n) is 4.31. The molecule has 0 N–H and O–H groups in total. The molecule has 0 atom stereocenters. The van der Waals surface area contributed by atoms with Gasteiger partial charge in [0.15, 0.2) is 0 Å². The largest absolute Gasteiger partial charge is 0.366 e. The van der Waals surface area contributed by atoms with E-state index in [2.05, 4.69) is 5.10 Å². The van der Waals surface area contributed by atoms with Gasteiger partial charge in [-0.1, -0.05) is 36.4 Å². The molecule has 172 valence electrons. The summed E-state index contributed by atoms with van der Waals surface area (Å²) < 4.78 is 30.3. The summed E-state index contributed by atoms with van der Waals surface area (Å²) in [7, 11) is 0. The van der Waals surface area contributed by atoms with Gasteiger partial charge in [-0.2, -0.15) is 5.10 Å². The Morgan fingerprint density at radius 2 is 1.53 bits per heavy atom. The van der Waals surface area contributed by atoms with Crippen molar-refractivity contribution < 1.29 is 13.6 Å². The second kappa shape index (κ2) is 9.09. The van der Waals surface area contributed by atoms with E-state index in [0.717, 1.165) is 11.3 Å². The molecule has 5 nitrogen and oxygen atoms in total. The molecule has 3 aromatic carbocycles. The fourth-order valence-corrected chi connectivity index (χ4v) is 4.31. The van der Waals surface area contributed by atoms with E-state index in [-0.39, 0.29) is 11.7 Å². The number of para-hydroxylation sites is 1. The molecule has 4 aromatic rings. The highest BCUT2D eigenvalue weighted by Crippen LogP contribution is 2.26. The molecule has 34 heavy (non-hydrogen) atoms. The van der Waals surface area contributed by atoms with E-state index in [1.165, 1.54) is 12.1 Å². The minimum atomic E-state index is -0.395. The van der Waals surface area contributed by atoms with Crippen molar-refractivity contribution in [1.82, 2.24) is 14.7 Å². The number of halogens is 2. The Bertz CT molecular complexity index is 1340. The first-order valence-corrected chi connectivity index (χ1v) is 11.2. The van der Waals surface area contributed by atoms with E-state index in [0.29, 0.717) is 48.8 Å². The number of hydrogen-bond donors (Lipinski definition) is 0. The molecule has 0 radical (unpaired) electrons. The first kappa shape index (κ1) is 21.8. The van der Waals surface area contributed by atoms with Gasteiger partial charge in [-0.05, 0) is 55.0 Å². The van der Waals surface area contributed by atoms with E-state index < -0.39 is 5.82 Å². The van der Waals surface area contributed by atoms with Crippen LogP contribution in [0.1, 0.15) is 16.1 Å². The molecule has 5 rings (SSSR count). The molecule has 1 saturated heterocycles. The summed E-state index contributed by atoms with van der Waals surface area (Å²) in [6, 6.07) is 22.4. The van der Waals surface area contributed by atoms with Crippen molar-refractivity contribution in [2.24, 2.45) is 0 Å². The maximum Gasteiger partial charge on any atom is 0.272 e. The van der Waals surface area contributed by atoms with Crippen LogP contribution in [0.4, 0.5) is 14.5 Å². The van der Waals surface area contributed by atoms with Gasteiger partial charge in [0.1, 0.15) is 17.3 Å². The quantitative estimate of drug-likeness (QED) is 0.428. The van der Waals surface area contributed by atoms with Crippen LogP contribution >= 0.6 is 0 Å². The highest BCUT2D eigenvalue weighted by molar-refractivity contribution is 5.94. The average molecular weight is 459 g/mol. The van der Waals surface area contributed by atoms with Gasteiger partial charge >= 0.3 is 0 Å². The molecule has 2 heterocycles. The Labute approximate surface area is 196 Å². The number of anilines is 1. The van der Waals surface area contributed by atoms with Gasteiger partial charge in [-0.25, -0.2) is 13.5 Å². The highest BCUT2D eigenvalue weighted by Gasteiger charge is 2.27. The van der Waals surface area contributed by atoms with E-state index in [1.54, 1.807) is 52.0 Å². The smallest absolute Gasteiger partial charge is 0.272 e. The lowest BCUT2D eigenvalue weighted by Crippen LogP contribution is -2.49. The van der Waals surface area contributed by atoms with Crippen LogP contribution in [-0.2, 0) is 0 Å². The second-order valence-electron chi connectivity index (χ2n) is 8.38. The summed E-state index contributed by atoms with van der Waals surface area (Å²) in [5.41, 5.74) is 3.40. The lowest BCUT2D eigenvalue weighted by atomic mass is 10.1. The van der Waals surface area contributed by atoms with Crippen LogP contribution in [0.3, 0.4) is 0 Å². The number of carbonyl (C=O) groups is 1. The standard InChI is InChI=1S/C27H24F2N4O/c1-19-7-6-8-20(17-19)33-26(18-24(30-33)21-9-2-3-10-22(21)28)27(34)32-15-13-31(14-16-32)25-12-5-4-11-23(25)29/h2-12,17-18H,13-16H2,1H3. The Hall–Kier alpha value is -4.00. The van der Waals surface area contributed by atoms with Crippen molar-refractivity contribution in [1.29, 1.82) is 0 Å². The van der Waals surface area contributed by atoms with Crippen LogP contribution in [0.5, 0.6) is 0 Å². The minimum Gasteiger partial charge on any atom is -0.366 e. The molecule has 0 spiro atoms. The van der Waals surface area contributed by atoms with Gasteiger partial charge in [-0.15, -0.1) is 0 Å². The predicted molar refractivity (Wildman–Crippen MR) is 128 cm³/mol. The minimum absolute atomic E-state index is 0.190. The first-order valence-electron chi connectivity index (χ1n) is 11.2. The zero-order valence-corrected chi connectivity index (χ0v) is 18.8. The SMILES string of the molecule is Cc1cccc(-n2nc(-c3ccccc3F)cc2C(=O)N2CCN(c3ccccc3F)CC2)c1. The monoisotopic (exact) mass is 458 g/mol. The lowest BCUT2D eigenvalue weighted by molar-refractivity contribution is 0.0737. The number of aromatic nitrogens is 2. The number of piperazine rings is 1. The Morgan fingerprint density at radius 3 is 2.24 bits per heavy atom. The number of benzene rings is 3. The lowest BCUT2D eigenvalue weighted by Gasteiger charge is -2.36. The zero-order valence-electron chi connectivity index (χ0n) is 18.8. The normalized spacial score (nSPS) is 13.9. The number of hydrogen-bond acceptors (Lipinski definition) is 3. The van der Waals surface area contributed by atoms with Crippen LogP contribution in [0.2, 0.25) is 0 Å². The molecule has 0 bridgehead atoms. The van der Waals surface area contributed by atoms with Crippen LogP contribution in [-0.4, -0.2) is 46.8 Å². The third kappa shape index (κ3) is 4.17. The number of amides is 1. The second-order valence-corrected chi connectivity index (χ2v) is 8.38. The van der Waals surface area contributed by atoms with Crippen molar-refractivity contribution in [3.63, 3.8) is 0 Å². The van der Waals surface area contributed by atoms with Gasteiger partial charge in [0.2, 0.25) is 0 Å². The summed E-state index contributed by atoms with van der Waals surface area (Å²) in [4.78, 5) is 17.3. The molecule has 1 amide bonds.